The molecule has 0 N–H and O–H groups in total. The van der Waals surface area contributed by atoms with Gasteiger partial charge in [0.25, 0.3) is 0 Å². The summed E-state index contributed by atoms with van der Waals surface area (Å²) >= 11 is 3.22. The molecule has 1 aromatic rings. The van der Waals surface area contributed by atoms with Crippen LogP contribution in [0.3, 0.4) is 0 Å². The van der Waals surface area contributed by atoms with Crippen molar-refractivity contribution < 1.29 is 9.53 Å². The summed E-state index contributed by atoms with van der Waals surface area (Å²) in [5.74, 6) is 0.955. The van der Waals surface area contributed by atoms with Gasteiger partial charge in [-0.1, -0.05) is 36.7 Å². The van der Waals surface area contributed by atoms with E-state index in [1.54, 1.807) is 7.11 Å². The van der Waals surface area contributed by atoms with Gasteiger partial charge in [0, 0.05) is 11.1 Å². The van der Waals surface area contributed by atoms with E-state index in [0.29, 0.717) is 5.33 Å². The summed E-state index contributed by atoms with van der Waals surface area (Å²) in [6.45, 7) is 8.28. The molecule has 0 unspecified atom stereocenters. The Kier molecular flexibility index (Phi) is 4.36. The molecule has 0 aliphatic heterocycles. The Morgan fingerprint density at radius 2 is 1.94 bits per heavy atom. The van der Waals surface area contributed by atoms with Gasteiger partial charge in [0.1, 0.15) is 5.75 Å². The summed E-state index contributed by atoms with van der Waals surface area (Å²) < 4.78 is 5.40. The molecular formula is C14H19BrO2. The lowest BCUT2D eigenvalue weighted by Gasteiger charge is -2.23. The average molecular weight is 299 g/mol. The highest BCUT2D eigenvalue weighted by Crippen LogP contribution is 2.33. The smallest absolute Gasteiger partial charge is 0.173 e. The molecule has 0 aromatic heterocycles. The fourth-order valence-corrected chi connectivity index (χ4v) is 2.11. The summed E-state index contributed by atoms with van der Waals surface area (Å²) in [6, 6.07) is 3.90. The molecule has 0 heterocycles. The van der Waals surface area contributed by atoms with Gasteiger partial charge < -0.3 is 4.74 Å². The van der Waals surface area contributed by atoms with Crippen molar-refractivity contribution in [3.8, 4) is 5.75 Å². The maximum Gasteiger partial charge on any atom is 0.173 e. The van der Waals surface area contributed by atoms with Crippen LogP contribution in [0.25, 0.3) is 0 Å². The van der Waals surface area contributed by atoms with Crippen molar-refractivity contribution in [2.24, 2.45) is 0 Å². The minimum atomic E-state index is -0.0413. The molecule has 0 fully saturated rings. The van der Waals surface area contributed by atoms with Crippen molar-refractivity contribution in [3.05, 3.63) is 28.8 Å². The number of benzene rings is 1. The number of methoxy groups -OCH3 is 1. The third kappa shape index (κ3) is 3.09. The summed E-state index contributed by atoms with van der Waals surface area (Å²) in [5.41, 5.74) is 2.75. The van der Waals surface area contributed by atoms with Crippen LogP contribution >= 0.6 is 15.9 Å². The number of Topliss-reactive ketones (excluding diaryl/α,β-unsaturated/α-hetero) is 1. The van der Waals surface area contributed by atoms with E-state index in [1.165, 1.54) is 0 Å². The standard InChI is InChI=1S/C14H19BrO2/c1-9-6-13(17-5)11(14(2,3)4)7-10(9)12(16)8-15/h6-7H,8H2,1-5H3. The first-order valence-corrected chi connectivity index (χ1v) is 6.71. The molecule has 3 heteroatoms. The van der Waals surface area contributed by atoms with Gasteiger partial charge in [-0.05, 0) is 30.0 Å². The molecule has 1 rings (SSSR count). The van der Waals surface area contributed by atoms with Gasteiger partial charge in [0.15, 0.2) is 5.78 Å². The molecule has 17 heavy (non-hydrogen) atoms. The predicted octanol–water partition coefficient (Wildman–Crippen LogP) is 3.88. The van der Waals surface area contributed by atoms with E-state index in [2.05, 4.69) is 36.7 Å². The number of hydrogen-bond donors (Lipinski definition) is 0. The Morgan fingerprint density at radius 1 is 1.35 bits per heavy atom. The van der Waals surface area contributed by atoms with Gasteiger partial charge in [0.2, 0.25) is 0 Å². The summed E-state index contributed by atoms with van der Waals surface area (Å²) in [7, 11) is 1.66. The number of hydrogen-bond acceptors (Lipinski definition) is 2. The van der Waals surface area contributed by atoms with Crippen LogP contribution in [0, 0.1) is 6.92 Å². The molecule has 0 saturated carbocycles. The molecule has 94 valence electrons. The molecule has 0 spiro atoms. The van der Waals surface area contributed by atoms with Crippen molar-refractivity contribution >= 4 is 21.7 Å². The number of rotatable bonds is 3. The maximum atomic E-state index is 11.8. The monoisotopic (exact) mass is 298 g/mol. The number of ether oxygens (including phenoxy) is 1. The molecule has 0 aliphatic rings. The van der Waals surface area contributed by atoms with Crippen molar-refractivity contribution in [2.75, 3.05) is 12.4 Å². The maximum absolute atomic E-state index is 11.8. The molecule has 0 atom stereocenters. The van der Waals surface area contributed by atoms with Gasteiger partial charge in [-0.25, -0.2) is 0 Å². The van der Waals surface area contributed by atoms with Gasteiger partial charge >= 0.3 is 0 Å². The molecular weight excluding hydrogens is 280 g/mol. The first kappa shape index (κ1) is 14.2. The highest BCUT2D eigenvalue weighted by atomic mass is 79.9. The number of carbonyl (C=O) groups excluding carboxylic acids is 1. The Morgan fingerprint density at radius 3 is 2.35 bits per heavy atom. The predicted molar refractivity (Wildman–Crippen MR) is 74.6 cm³/mol. The van der Waals surface area contributed by atoms with E-state index >= 15 is 0 Å². The number of ketones is 1. The van der Waals surface area contributed by atoms with Crippen LogP contribution in [0.4, 0.5) is 0 Å². The molecule has 2 nitrogen and oxygen atoms in total. The zero-order valence-corrected chi connectivity index (χ0v) is 12.6. The van der Waals surface area contributed by atoms with Crippen molar-refractivity contribution in [3.63, 3.8) is 0 Å². The molecule has 0 aliphatic carbocycles. The van der Waals surface area contributed by atoms with E-state index in [1.807, 2.05) is 19.1 Å². The Bertz CT molecular complexity index is 431. The second-order valence-corrected chi connectivity index (χ2v) is 5.73. The summed E-state index contributed by atoms with van der Waals surface area (Å²) in [5, 5.41) is 0.351. The van der Waals surface area contributed by atoms with Crippen molar-refractivity contribution in [1.82, 2.24) is 0 Å². The third-order valence-electron chi connectivity index (χ3n) is 2.78. The highest BCUT2D eigenvalue weighted by molar-refractivity contribution is 9.09. The Hall–Kier alpha value is -0.830. The SMILES string of the molecule is COc1cc(C)c(C(=O)CBr)cc1C(C)(C)C. The van der Waals surface area contributed by atoms with Crippen molar-refractivity contribution in [1.29, 1.82) is 0 Å². The number of halogens is 1. The van der Waals surface area contributed by atoms with Crippen LogP contribution in [-0.4, -0.2) is 18.2 Å². The summed E-state index contributed by atoms with van der Waals surface area (Å²) in [4.78, 5) is 11.8. The number of aryl methyl sites for hydroxylation is 1. The first-order valence-electron chi connectivity index (χ1n) is 5.59. The summed E-state index contributed by atoms with van der Waals surface area (Å²) in [6.07, 6.45) is 0. The van der Waals surface area contributed by atoms with E-state index in [0.717, 1.165) is 22.4 Å². The highest BCUT2D eigenvalue weighted by Gasteiger charge is 2.22. The molecule has 0 radical (unpaired) electrons. The minimum absolute atomic E-state index is 0.0413. The van der Waals surface area contributed by atoms with Crippen LogP contribution in [0.5, 0.6) is 5.75 Å². The molecule has 0 saturated heterocycles. The van der Waals surface area contributed by atoms with Crippen molar-refractivity contribution in [2.45, 2.75) is 33.1 Å². The van der Waals surface area contributed by atoms with Crippen LogP contribution in [-0.2, 0) is 5.41 Å². The lowest BCUT2D eigenvalue weighted by atomic mass is 9.84. The molecule has 1 aromatic carbocycles. The van der Waals surface area contributed by atoms with Crippen LogP contribution in [0.1, 0.15) is 42.3 Å². The minimum Gasteiger partial charge on any atom is -0.496 e. The lowest BCUT2D eigenvalue weighted by molar-refractivity contribution is 0.102. The second kappa shape index (κ2) is 5.21. The Labute approximate surface area is 111 Å². The fourth-order valence-electron chi connectivity index (χ4n) is 1.81. The normalized spacial score (nSPS) is 11.4. The van der Waals surface area contributed by atoms with Gasteiger partial charge in [0.05, 0.1) is 12.4 Å². The van der Waals surface area contributed by atoms with Crippen LogP contribution < -0.4 is 4.74 Å². The zero-order valence-electron chi connectivity index (χ0n) is 11.1. The number of alkyl halides is 1. The molecule has 0 bridgehead atoms. The van der Waals surface area contributed by atoms with E-state index < -0.39 is 0 Å². The van der Waals surface area contributed by atoms with Gasteiger partial charge in [-0.3, -0.25) is 4.79 Å². The van der Waals surface area contributed by atoms with Gasteiger partial charge in [-0.15, -0.1) is 0 Å². The zero-order chi connectivity index (χ0) is 13.2. The van der Waals surface area contributed by atoms with E-state index in [9.17, 15) is 4.79 Å². The first-order chi connectivity index (χ1) is 7.81. The Balaban J connectivity index is 3.43. The second-order valence-electron chi connectivity index (χ2n) is 5.17. The van der Waals surface area contributed by atoms with Gasteiger partial charge in [-0.2, -0.15) is 0 Å². The number of carbonyl (C=O) groups is 1. The van der Waals surface area contributed by atoms with Crippen LogP contribution in [0.2, 0.25) is 0 Å². The third-order valence-corrected chi connectivity index (χ3v) is 3.29. The molecule has 0 amide bonds. The topological polar surface area (TPSA) is 26.3 Å². The lowest BCUT2D eigenvalue weighted by Crippen LogP contribution is -2.15. The van der Waals surface area contributed by atoms with E-state index in [-0.39, 0.29) is 11.2 Å². The largest absolute Gasteiger partial charge is 0.496 e. The average Bonchev–Trinajstić information content (AvgIpc) is 2.25. The van der Waals surface area contributed by atoms with Crippen LogP contribution in [0.15, 0.2) is 12.1 Å². The quantitative estimate of drug-likeness (QED) is 0.625. The fraction of sp³-hybridized carbons (Fsp3) is 0.500. The van der Waals surface area contributed by atoms with E-state index in [4.69, 9.17) is 4.74 Å².